The summed E-state index contributed by atoms with van der Waals surface area (Å²) >= 11 is 5.92. The third-order valence-electron chi connectivity index (χ3n) is 4.24. The zero-order valence-electron chi connectivity index (χ0n) is 13.3. The van der Waals surface area contributed by atoms with Gasteiger partial charge in [0, 0.05) is 11.1 Å². The van der Waals surface area contributed by atoms with Gasteiger partial charge in [-0.25, -0.2) is 0 Å². The molecule has 0 saturated heterocycles. The average molecular weight is 366 g/mol. The van der Waals surface area contributed by atoms with Crippen LogP contribution in [0, 0.1) is 0 Å². The molecule has 4 rings (SSSR count). The average Bonchev–Trinajstić information content (AvgIpc) is 2.90. The van der Waals surface area contributed by atoms with Gasteiger partial charge in [0.05, 0.1) is 16.8 Å². The summed E-state index contributed by atoms with van der Waals surface area (Å²) in [7, 11) is 0. The van der Waals surface area contributed by atoms with E-state index in [4.69, 9.17) is 17.3 Å². The van der Waals surface area contributed by atoms with E-state index in [-0.39, 0.29) is 16.9 Å². The second kappa shape index (κ2) is 5.86. The zero-order chi connectivity index (χ0) is 18.4. The number of anilines is 1. The first-order valence-electron chi connectivity index (χ1n) is 7.73. The number of hydrogen-bond acceptors (Lipinski definition) is 4. The smallest absolute Gasteiger partial charge is 0.262 e. The monoisotopic (exact) mass is 365 g/mol. The molecule has 2 heterocycles. The van der Waals surface area contributed by atoms with Crippen molar-refractivity contribution in [3.8, 4) is 16.8 Å². The fourth-order valence-electron chi connectivity index (χ4n) is 3.01. The number of fused-ring (bicyclic) bond motifs is 1. The highest BCUT2D eigenvalue weighted by Crippen LogP contribution is 2.26. The van der Waals surface area contributed by atoms with Crippen molar-refractivity contribution in [2.24, 2.45) is 0 Å². The fourth-order valence-corrected chi connectivity index (χ4v) is 3.14. The van der Waals surface area contributed by atoms with E-state index < -0.39 is 17.4 Å². The number of aromatic nitrogens is 1. The Morgan fingerprint density at radius 1 is 0.885 bits per heavy atom. The molecule has 0 radical (unpaired) electrons. The molecule has 0 atom stereocenters. The molecule has 0 aliphatic carbocycles. The number of nitrogens with one attached hydrogen (secondary N) is 1. The maximum atomic E-state index is 12.5. The first kappa shape index (κ1) is 16.1. The molecule has 2 aromatic carbocycles. The highest BCUT2D eigenvalue weighted by molar-refractivity contribution is 6.30. The van der Waals surface area contributed by atoms with Gasteiger partial charge in [-0.15, -0.1) is 0 Å². The minimum absolute atomic E-state index is 0.00241. The van der Waals surface area contributed by atoms with E-state index in [2.05, 4.69) is 5.32 Å². The number of pyridine rings is 1. The Balaban J connectivity index is 1.90. The molecule has 2 amide bonds. The van der Waals surface area contributed by atoms with E-state index in [0.29, 0.717) is 10.7 Å². The number of nitrogen functional groups attached to an aromatic ring is 1. The third-order valence-corrected chi connectivity index (χ3v) is 4.49. The Labute approximate surface area is 152 Å². The number of nitrogens with two attached hydrogens (primary N) is 1. The lowest BCUT2D eigenvalue weighted by Gasteiger charge is -2.13. The lowest BCUT2D eigenvalue weighted by Crippen LogP contribution is -2.24. The van der Waals surface area contributed by atoms with Crippen molar-refractivity contribution in [3.63, 3.8) is 0 Å². The molecule has 0 spiro atoms. The molecule has 1 aromatic heterocycles. The first-order chi connectivity index (χ1) is 12.5. The maximum Gasteiger partial charge on any atom is 0.262 e. The molecule has 1 aliphatic rings. The van der Waals surface area contributed by atoms with Crippen LogP contribution in [0.5, 0.6) is 0 Å². The van der Waals surface area contributed by atoms with Gasteiger partial charge < -0.3 is 5.73 Å². The third kappa shape index (κ3) is 2.48. The first-order valence-corrected chi connectivity index (χ1v) is 8.11. The van der Waals surface area contributed by atoms with E-state index in [0.717, 1.165) is 17.2 Å². The lowest BCUT2D eigenvalue weighted by molar-refractivity contribution is 0.0880. The molecule has 0 unspecified atom stereocenters. The number of carbonyl (C=O) groups excluding carboxylic acids is 2. The van der Waals surface area contributed by atoms with E-state index >= 15 is 0 Å². The van der Waals surface area contributed by atoms with E-state index in [1.807, 2.05) is 18.2 Å². The van der Waals surface area contributed by atoms with Crippen molar-refractivity contribution in [3.05, 3.63) is 81.1 Å². The van der Waals surface area contributed by atoms with Crippen LogP contribution in [-0.2, 0) is 0 Å². The highest BCUT2D eigenvalue weighted by Gasteiger charge is 2.31. The van der Waals surface area contributed by atoms with E-state index in [9.17, 15) is 14.4 Å². The summed E-state index contributed by atoms with van der Waals surface area (Å²) in [4.78, 5) is 36.2. The minimum Gasteiger partial charge on any atom is -0.384 e. The molecular weight excluding hydrogens is 354 g/mol. The van der Waals surface area contributed by atoms with E-state index in [1.165, 1.54) is 4.57 Å². The van der Waals surface area contributed by atoms with Crippen LogP contribution < -0.4 is 16.6 Å². The predicted molar refractivity (Wildman–Crippen MR) is 98.7 cm³/mol. The number of imide groups is 1. The Kier molecular flexibility index (Phi) is 3.63. The summed E-state index contributed by atoms with van der Waals surface area (Å²) < 4.78 is 1.22. The van der Waals surface area contributed by atoms with Crippen LogP contribution >= 0.6 is 11.6 Å². The number of benzene rings is 2. The number of hydrogen-bond donors (Lipinski definition) is 2. The molecule has 6 nitrogen and oxygen atoms in total. The molecule has 3 N–H and O–H groups in total. The summed E-state index contributed by atoms with van der Waals surface area (Å²) in [6.45, 7) is 0. The Morgan fingerprint density at radius 2 is 1.62 bits per heavy atom. The van der Waals surface area contributed by atoms with Gasteiger partial charge in [0.15, 0.2) is 0 Å². The summed E-state index contributed by atoms with van der Waals surface area (Å²) in [5.74, 6) is -1.29. The van der Waals surface area contributed by atoms with Crippen molar-refractivity contribution in [1.82, 2.24) is 9.88 Å². The molecule has 3 aromatic rings. The maximum absolute atomic E-state index is 12.5. The molecule has 128 valence electrons. The molecule has 0 fully saturated rings. The number of carbonyl (C=O) groups is 2. The van der Waals surface area contributed by atoms with Crippen molar-refractivity contribution in [2.45, 2.75) is 0 Å². The van der Waals surface area contributed by atoms with Crippen molar-refractivity contribution < 1.29 is 9.59 Å². The normalized spacial score (nSPS) is 12.8. The summed E-state index contributed by atoms with van der Waals surface area (Å²) in [6, 6.07) is 15.6. The van der Waals surface area contributed by atoms with Gasteiger partial charge in [-0.3, -0.25) is 24.3 Å². The Morgan fingerprint density at radius 3 is 2.35 bits per heavy atom. The quantitative estimate of drug-likeness (QED) is 0.682. The van der Waals surface area contributed by atoms with Crippen molar-refractivity contribution >= 4 is 29.2 Å². The molecule has 0 saturated carbocycles. The van der Waals surface area contributed by atoms with Crippen LogP contribution in [0.2, 0.25) is 5.02 Å². The van der Waals surface area contributed by atoms with Gasteiger partial charge in [0.25, 0.3) is 17.4 Å². The molecular formula is C19H12ClN3O3. The molecule has 26 heavy (non-hydrogen) atoms. The van der Waals surface area contributed by atoms with Crippen LogP contribution in [-0.4, -0.2) is 16.4 Å². The fraction of sp³-hybridized carbons (Fsp3) is 0. The lowest BCUT2D eigenvalue weighted by atomic mass is 10.0. The van der Waals surface area contributed by atoms with Gasteiger partial charge in [-0.1, -0.05) is 35.9 Å². The van der Waals surface area contributed by atoms with Crippen LogP contribution in [0.3, 0.4) is 0 Å². The number of rotatable bonds is 2. The number of halogens is 1. The standard InChI is InChI=1S/C19H12ClN3O3/c20-12-6-4-10(5-7-12)11-2-1-3-13(8-11)23-15(24)9-14-16(17(23)21)19(26)22-18(14)25/h1-9H,21H2,(H,22,25,26). The van der Waals surface area contributed by atoms with Crippen molar-refractivity contribution in [2.75, 3.05) is 5.73 Å². The molecule has 7 heteroatoms. The van der Waals surface area contributed by atoms with Gasteiger partial charge >= 0.3 is 0 Å². The van der Waals surface area contributed by atoms with Gasteiger partial charge in [-0.05, 0) is 35.4 Å². The van der Waals surface area contributed by atoms with E-state index in [1.54, 1.807) is 30.3 Å². The highest BCUT2D eigenvalue weighted by atomic mass is 35.5. The predicted octanol–water partition coefficient (Wildman–Crippen LogP) is 2.62. The van der Waals surface area contributed by atoms with Crippen LogP contribution in [0.25, 0.3) is 16.8 Å². The largest absolute Gasteiger partial charge is 0.384 e. The number of amides is 2. The van der Waals surface area contributed by atoms with Gasteiger partial charge in [0.1, 0.15) is 5.82 Å². The summed E-state index contributed by atoms with van der Waals surface area (Å²) in [6.07, 6.45) is 0. The van der Waals surface area contributed by atoms with Crippen LogP contribution in [0.4, 0.5) is 5.82 Å². The second-order valence-corrected chi connectivity index (χ2v) is 6.27. The van der Waals surface area contributed by atoms with Crippen LogP contribution in [0.1, 0.15) is 20.7 Å². The SMILES string of the molecule is Nc1c2c(cc(=O)n1-c1cccc(-c3ccc(Cl)cc3)c1)C(=O)NC2=O. The summed E-state index contributed by atoms with van der Waals surface area (Å²) in [5.41, 5.74) is 7.86. The number of nitrogens with zero attached hydrogens (tertiary/aromatic N) is 1. The molecule has 0 bridgehead atoms. The topological polar surface area (TPSA) is 94.2 Å². The van der Waals surface area contributed by atoms with Gasteiger partial charge in [-0.2, -0.15) is 0 Å². The van der Waals surface area contributed by atoms with Gasteiger partial charge in [0.2, 0.25) is 0 Å². The van der Waals surface area contributed by atoms with Crippen molar-refractivity contribution in [1.29, 1.82) is 0 Å². The Hall–Kier alpha value is -3.38. The Bertz CT molecular complexity index is 1130. The minimum atomic E-state index is -0.615. The zero-order valence-corrected chi connectivity index (χ0v) is 14.1. The second-order valence-electron chi connectivity index (χ2n) is 5.83. The summed E-state index contributed by atoms with van der Waals surface area (Å²) in [5, 5.41) is 2.77. The molecule has 1 aliphatic heterocycles. The van der Waals surface area contributed by atoms with Crippen LogP contribution in [0.15, 0.2) is 59.4 Å².